The topological polar surface area (TPSA) is 69.7 Å². The third-order valence-electron chi connectivity index (χ3n) is 6.54. The molecule has 1 aromatic rings. The molecule has 6 nitrogen and oxygen atoms in total. The van der Waals surface area contributed by atoms with Gasteiger partial charge in [0.25, 0.3) is 5.91 Å². The van der Waals surface area contributed by atoms with Gasteiger partial charge in [0.2, 0.25) is 10.0 Å². The second-order valence-corrected chi connectivity index (χ2v) is 10.2. The minimum absolute atomic E-state index is 0. The van der Waals surface area contributed by atoms with Crippen LogP contribution in [0.1, 0.15) is 42.5 Å². The predicted molar refractivity (Wildman–Crippen MR) is 111 cm³/mol. The van der Waals surface area contributed by atoms with Crippen molar-refractivity contribution in [1.82, 2.24) is 14.5 Å². The molecule has 156 valence electrons. The number of sulfonamides is 1. The van der Waals surface area contributed by atoms with E-state index in [0.717, 1.165) is 51.9 Å². The van der Waals surface area contributed by atoms with Crippen LogP contribution in [0.15, 0.2) is 29.2 Å². The van der Waals surface area contributed by atoms with Crippen LogP contribution >= 0.6 is 12.4 Å². The van der Waals surface area contributed by atoms with E-state index >= 15 is 0 Å². The summed E-state index contributed by atoms with van der Waals surface area (Å²) in [7, 11) is -1.83. The van der Waals surface area contributed by atoms with Crippen molar-refractivity contribution in [3.63, 3.8) is 0 Å². The molecule has 2 saturated heterocycles. The highest BCUT2D eigenvalue weighted by Crippen LogP contribution is 2.29. The van der Waals surface area contributed by atoms with Crippen molar-refractivity contribution in [2.24, 2.45) is 11.8 Å². The third kappa shape index (κ3) is 4.08. The molecule has 2 heterocycles. The zero-order chi connectivity index (χ0) is 19.0. The Balaban J connectivity index is 0.00000225. The van der Waals surface area contributed by atoms with E-state index in [9.17, 15) is 13.2 Å². The van der Waals surface area contributed by atoms with E-state index in [4.69, 9.17) is 0 Å². The molecule has 1 aliphatic carbocycles. The molecule has 1 amide bonds. The number of halogens is 1. The number of carbonyl (C=O) groups is 1. The summed E-state index contributed by atoms with van der Waals surface area (Å²) in [6, 6.07) is 6.58. The summed E-state index contributed by atoms with van der Waals surface area (Å²) in [4.78, 5) is 14.9. The van der Waals surface area contributed by atoms with Crippen LogP contribution in [0.2, 0.25) is 0 Å². The zero-order valence-electron chi connectivity index (χ0n) is 16.3. The smallest absolute Gasteiger partial charge is 0.253 e. The van der Waals surface area contributed by atoms with E-state index in [1.807, 2.05) is 4.90 Å². The lowest BCUT2D eigenvalue weighted by molar-refractivity contribution is 0.0781. The molecule has 8 heteroatoms. The zero-order valence-corrected chi connectivity index (χ0v) is 18.0. The maximum atomic E-state index is 12.9. The third-order valence-corrected chi connectivity index (χ3v) is 8.47. The van der Waals surface area contributed by atoms with Crippen LogP contribution < -0.4 is 5.32 Å². The lowest BCUT2D eigenvalue weighted by atomic mass is 9.96. The normalized spacial score (nSPS) is 25.6. The Hall–Kier alpha value is -1.15. The predicted octanol–water partition coefficient (Wildman–Crippen LogP) is 2.35. The van der Waals surface area contributed by atoms with Crippen LogP contribution in [-0.2, 0) is 10.0 Å². The number of hydrogen-bond acceptors (Lipinski definition) is 4. The maximum absolute atomic E-state index is 12.9. The fraction of sp³-hybridized carbons (Fsp3) is 0.650. The first-order valence-electron chi connectivity index (χ1n) is 10.0. The first kappa shape index (κ1) is 21.6. The Kier molecular flexibility index (Phi) is 6.69. The molecule has 0 spiro atoms. The molecule has 4 rings (SSSR count). The number of benzene rings is 1. The van der Waals surface area contributed by atoms with Crippen LogP contribution in [-0.4, -0.2) is 62.8 Å². The molecule has 0 unspecified atom stereocenters. The number of fused-ring (bicyclic) bond motifs is 1. The van der Waals surface area contributed by atoms with Gasteiger partial charge in [0, 0.05) is 44.8 Å². The van der Waals surface area contributed by atoms with Gasteiger partial charge in [-0.25, -0.2) is 8.42 Å². The van der Waals surface area contributed by atoms with Gasteiger partial charge in [0.1, 0.15) is 0 Å². The van der Waals surface area contributed by atoms with E-state index in [1.165, 1.54) is 10.7 Å². The van der Waals surface area contributed by atoms with E-state index in [1.54, 1.807) is 31.3 Å². The summed E-state index contributed by atoms with van der Waals surface area (Å²) >= 11 is 0. The van der Waals surface area contributed by atoms with Crippen molar-refractivity contribution < 1.29 is 13.2 Å². The minimum atomic E-state index is -3.51. The Morgan fingerprint density at radius 2 is 1.61 bits per heavy atom. The second-order valence-electron chi connectivity index (χ2n) is 8.23. The van der Waals surface area contributed by atoms with Gasteiger partial charge >= 0.3 is 0 Å². The van der Waals surface area contributed by atoms with Crippen molar-refractivity contribution in [1.29, 1.82) is 0 Å². The lowest BCUT2D eigenvalue weighted by Gasteiger charge is -2.30. The number of amides is 1. The van der Waals surface area contributed by atoms with Crippen molar-refractivity contribution in [2.45, 2.75) is 43.0 Å². The van der Waals surface area contributed by atoms with E-state index in [0.29, 0.717) is 17.4 Å². The maximum Gasteiger partial charge on any atom is 0.253 e. The Morgan fingerprint density at radius 3 is 2.18 bits per heavy atom. The van der Waals surface area contributed by atoms with Crippen LogP contribution in [0.4, 0.5) is 0 Å². The van der Waals surface area contributed by atoms with Crippen LogP contribution in [0.25, 0.3) is 0 Å². The van der Waals surface area contributed by atoms with E-state index < -0.39 is 10.0 Å². The van der Waals surface area contributed by atoms with Gasteiger partial charge in [-0.2, -0.15) is 4.31 Å². The largest absolute Gasteiger partial charge is 0.338 e. The molecule has 2 atom stereocenters. The number of rotatable bonds is 4. The molecule has 1 aromatic carbocycles. The summed E-state index contributed by atoms with van der Waals surface area (Å²) in [5.74, 6) is 1.12. The summed E-state index contributed by atoms with van der Waals surface area (Å²) in [6.07, 6.45) is 5.23. The van der Waals surface area contributed by atoms with Gasteiger partial charge in [-0.1, -0.05) is 19.3 Å². The highest BCUT2D eigenvalue weighted by Gasteiger charge is 2.38. The van der Waals surface area contributed by atoms with Gasteiger partial charge in [-0.15, -0.1) is 12.4 Å². The Bertz CT molecular complexity index is 781. The highest BCUT2D eigenvalue weighted by atomic mass is 35.5. The number of hydrogen-bond donors (Lipinski definition) is 1. The monoisotopic (exact) mass is 427 g/mol. The van der Waals surface area contributed by atoms with Gasteiger partial charge in [0.15, 0.2) is 0 Å². The molecule has 3 fully saturated rings. The average Bonchev–Trinajstić information content (AvgIpc) is 3.30. The first-order chi connectivity index (χ1) is 13.0. The molecule has 28 heavy (non-hydrogen) atoms. The Morgan fingerprint density at radius 1 is 1.04 bits per heavy atom. The summed E-state index contributed by atoms with van der Waals surface area (Å²) in [5.41, 5.74) is 0.571. The van der Waals surface area contributed by atoms with E-state index in [2.05, 4.69) is 5.32 Å². The number of carbonyl (C=O) groups excluding carboxylic acids is 1. The molecule has 0 radical (unpaired) electrons. The molecular formula is C20H30ClN3O3S. The highest BCUT2D eigenvalue weighted by molar-refractivity contribution is 7.89. The van der Waals surface area contributed by atoms with Crippen LogP contribution in [0.5, 0.6) is 0 Å². The fourth-order valence-corrected chi connectivity index (χ4v) is 6.20. The molecule has 3 aliphatic rings. The molecule has 1 N–H and O–H groups in total. The summed E-state index contributed by atoms with van der Waals surface area (Å²) in [6.45, 7) is 3.56. The van der Waals surface area contributed by atoms with Crippen molar-refractivity contribution in [2.75, 3.05) is 33.2 Å². The molecule has 0 aromatic heterocycles. The van der Waals surface area contributed by atoms with Gasteiger partial charge in [-0.3, -0.25) is 4.79 Å². The van der Waals surface area contributed by atoms with Crippen molar-refractivity contribution in [3.05, 3.63) is 29.8 Å². The molecule has 2 aliphatic heterocycles. The second kappa shape index (κ2) is 8.69. The minimum Gasteiger partial charge on any atom is -0.338 e. The Labute approximate surface area is 174 Å². The quantitative estimate of drug-likeness (QED) is 0.800. The fourth-order valence-electron chi connectivity index (χ4n) is 4.78. The van der Waals surface area contributed by atoms with Crippen LogP contribution in [0.3, 0.4) is 0 Å². The van der Waals surface area contributed by atoms with Gasteiger partial charge in [-0.05, 0) is 48.9 Å². The molecule has 1 saturated carbocycles. The lowest BCUT2D eigenvalue weighted by Crippen LogP contribution is -2.38. The van der Waals surface area contributed by atoms with Crippen molar-refractivity contribution >= 4 is 28.3 Å². The standard InChI is InChI=1S/C20H29N3O3S.ClH/c1-22(18-5-3-2-4-6-18)27(25,26)19-9-7-15(8-10-19)20(24)23-13-16-11-21-12-17(16)14-23;/h7-10,16-18,21H,2-6,11-14H2,1H3;1H/t16-,17+;. The summed E-state index contributed by atoms with van der Waals surface area (Å²) in [5, 5.41) is 3.38. The van der Waals surface area contributed by atoms with E-state index in [-0.39, 0.29) is 29.3 Å². The van der Waals surface area contributed by atoms with Gasteiger partial charge in [0.05, 0.1) is 4.90 Å². The van der Waals surface area contributed by atoms with Gasteiger partial charge < -0.3 is 10.2 Å². The number of nitrogens with zero attached hydrogens (tertiary/aromatic N) is 2. The number of nitrogens with one attached hydrogen (secondary N) is 1. The molecule has 0 bridgehead atoms. The van der Waals surface area contributed by atoms with Crippen molar-refractivity contribution in [3.8, 4) is 0 Å². The molecular weight excluding hydrogens is 398 g/mol. The SMILES string of the molecule is CN(C1CCCCC1)S(=O)(=O)c1ccc(C(=O)N2C[C@H]3CNC[C@H]3C2)cc1.Cl. The van der Waals surface area contributed by atoms with Crippen LogP contribution in [0, 0.1) is 11.8 Å². The first-order valence-corrected chi connectivity index (χ1v) is 11.5. The summed E-state index contributed by atoms with van der Waals surface area (Å²) < 4.78 is 27.4. The average molecular weight is 428 g/mol. The number of likely N-dealkylation sites (tertiary alicyclic amines) is 1.